The number of nitrogens with zero attached hydrogens (tertiary/aromatic N) is 1. The van der Waals surface area contributed by atoms with Crippen LogP contribution >= 0.6 is 0 Å². The van der Waals surface area contributed by atoms with Gasteiger partial charge in [0.1, 0.15) is 5.82 Å². The van der Waals surface area contributed by atoms with Gasteiger partial charge in [0.05, 0.1) is 6.54 Å². The second-order valence-electron chi connectivity index (χ2n) is 3.44. The number of hydrogen-bond donors (Lipinski definition) is 2. The van der Waals surface area contributed by atoms with Gasteiger partial charge in [-0.05, 0) is 18.9 Å². The largest absolute Gasteiger partial charge is 0.348 e. The molecule has 2 rings (SSSR count). The number of imidazole rings is 1. The lowest BCUT2D eigenvalue weighted by Crippen LogP contribution is -2.15. The van der Waals surface area contributed by atoms with Crippen molar-refractivity contribution < 1.29 is 0 Å². The second-order valence-corrected chi connectivity index (χ2v) is 3.44. The van der Waals surface area contributed by atoms with E-state index in [-0.39, 0.29) is 0 Å². The monoisotopic (exact) mass is 165 g/mol. The van der Waals surface area contributed by atoms with Crippen molar-refractivity contribution >= 4 is 0 Å². The first kappa shape index (κ1) is 7.80. The van der Waals surface area contributed by atoms with Gasteiger partial charge in [-0.15, -0.1) is 0 Å². The van der Waals surface area contributed by atoms with Crippen molar-refractivity contribution in [2.45, 2.75) is 25.8 Å². The highest BCUT2D eigenvalue weighted by Gasteiger charge is 2.19. The van der Waals surface area contributed by atoms with Crippen LogP contribution in [0.25, 0.3) is 0 Å². The summed E-state index contributed by atoms with van der Waals surface area (Å²) in [5.74, 6) is 2.06. The average Bonchev–Trinajstić information content (AvgIpc) is 2.76. The molecule has 1 aliphatic rings. The molecule has 1 heterocycles. The topological polar surface area (TPSA) is 40.7 Å². The van der Waals surface area contributed by atoms with Crippen LogP contribution in [0.1, 0.15) is 25.1 Å². The van der Waals surface area contributed by atoms with Gasteiger partial charge in [0.2, 0.25) is 0 Å². The molecule has 1 saturated carbocycles. The van der Waals surface area contributed by atoms with Gasteiger partial charge < -0.3 is 10.3 Å². The van der Waals surface area contributed by atoms with Crippen molar-refractivity contribution in [3.63, 3.8) is 0 Å². The molecule has 0 aromatic carbocycles. The zero-order valence-corrected chi connectivity index (χ0v) is 7.21. The molecule has 0 unspecified atom stereocenters. The molecule has 1 aliphatic carbocycles. The van der Waals surface area contributed by atoms with Gasteiger partial charge in [-0.1, -0.05) is 12.8 Å². The molecular formula is C9H15N3. The minimum absolute atomic E-state index is 0.875. The zero-order chi connectivity index (χ0) is 8.23. The SMILES string of the molecule is c1c[nH]c(CNCCC2CC2)n1. The first-order chi connectivity index (χ1) is 5.95. The maximum Gasteiger partial charge on any atom is 0.120 e. The summed E-state index contributed by atoms with van der Waals surface area (Å²) in [5.41, 5.74) is 0. The summed E-state index contributed by atoms with van der Waals surface area (Å²) in [4.78, 5) is 7.20. The lowest BCUT2D eigenvalue weighted by atomic mass is 10.3. The highest BCUT2D eigenvalue weighted by atomic mass is 15.0. The summed E-state index contributed by atoms with van der Waals surface area (Å²) < 4.78 is 0. The quantitative estimate of drug-likeness (QED) is 0.646. The van der Waals surface area contributed by atoms with Crippen LogP contribution in [-0.4, -0.2) is 16.5 Å². The molecule has 0 aliphatic heterocycles. The van der Waals surface area contributed by atoms with Crippen molar-refractivity contribution in [2.24, 2.45) is 5.92 Å². The average molecular weight is 165 g/mol. The van der Waals surface area contributed by atoms with E-state index in [4.69, 9.17) is 0 Å². The maximum absolute atomic E-state index is 4.13. The number of nitrogens with one attached hydrogen (secondary N) is 2. The smallest absolute Gasteiger partial charge is 0.120 e. The van der Waals surface area contributed by atoms with E-state index in [1.54, 1.807) is 6.20 Å². The predicted molar refractivity (Wildman–Crippen MR) is 47.6 cm³/mol. The summed E-state index contributed by atoms with van der Waals surface area (Å²) in [7, 11) is 0. The fraction of sp³-hybridized carbons (Fsp3) is 0.667. The van der Waals surface area contributed by atoms with Gasteiger partial charge in [-0.3, -0.25) is 0 Å². The van der Waals surface area contributed by atoms with Gasteiger partial charge >= 0.3 is 0 Å². The summed E-state index contributed by atoms with van der Waals surface area (Å²) >= 11 is 0. The molecule has 1 fully saturated rings. The van der Waals surface area contributed by atoms with Gasteiger partial charge in [0.15, 0.2) is 0 Å². The lowest BCUT2D eigenvalue weighted by molar-refractivity contribution is 0.601. The number of aromatic amines is 1. The minimum atomic E-state index is 0.875. The fourth-order valence-electron chi connectivity index (χ4n) is 1.31. The first-order valence-electron chi connectivity index (χ1n) is 4.64. The molecular weight excluding hydrogens is 150 g/mol. The highest BCUT2D eigenvalue weighted by Crippen LogP contribution is 2.31. The predicted octanol–water partition coefficient (Wildman–Crippen LogP) is 1.30. The summed E-state index contributed by atoms with van der Waals surface area (Å²) in [6.07, 6.45) is 7.88. The second kappa shape index (κ2) is 3.72. The lowest BCUT2D eigenvalue weighted by Gasteiger charge is -2.00. The third kappa shape index (κ3) is 2.34. The van der Waals surface area contributed by atoms with Gasteiger partial charge in [0, 0.05) is 12.4 Å². The number of H-pyrrole nitrogens is 1. The van der Waals surface area contributed by atoms with E-state index in [0.717, 1.165) is 24.8 Å². The van der Waals surface area contributed by atoms with Gasteiger partial charge in [-0.2, -0.15) is 0 Å². The van der Waals surface area contributed by atoms with Crippen LogP contribution in [-0.2, 0) is 6.54 Å². The number of rotatable bonds is 5. The summed E-state index contributed by atoms with van der Waals surface area (Å²) in [6.45, 7) is 2.01. The van der Waals surface area contributed by atoms with Crippen molar-refractivity contribution in [3.05, 3.63) is 18.2 Å². The maximum atomic E-state index is 4.13. The van der Waals surface area contributed by atoms with E-state index in [2.05, 4.69) is 15.3 Å². The molecule has 3 heteroatoms. The highest BCUT2D eigenvalue weighted by molar-refractivity contribution is 4.86. The third-order valence-corrected chi connectivity index (χ3v) is 2.27. The molecule has 0 bridgehead atoms. The Morgan fingerprint density at radius 1 is 1.58 bits per heavy atom. The van der Waals surface area contributed by atoms with E-state index in [0.29, 0.717) is 0 Å². The standard InChI is InChI=1S/C9H15N3/c1-2-8(1)3-4-10-7-9-11-5-6-12-9/h5-6,8,10H,1-4,7H2,(H,11,12). The molecule has 3 nitrogen and oxygen atoms in total. The van der Waals surface area contributed by atoms with Crippen LogP contribution in [0.15, 0.2) is 12.4 Å². The Labute approximate surface area is 72.6 Å². The molecule has 12 heavy (non-hydrogen) atoms. The van der Waals surface area contributed by atoms with Crippen LogP contribution in [0.4, 0.5) is 0 Å². The van der Waals surface area contributed by atoms with Crippen LogP contribution in [0.2, 0.25) is 0 Å². The summed E-state index contributed by atoms with van der Waals surface area (Å²) in [5, 5.41) is 3.37. The Kier molecular flexibility index (Phi) is 2.42. The van der Waals surface area contributed by atoms with Crippen molar-refractivity contribution in [3.8, 4) is 0 Å². The molecule has 66 valence electrons. The molecule has 0 radical (unpaired) electrons. The van der Waals surface area contributed by atoms with Crippen molar-refractivity contribution in [1.29, 1.82) is 0 Å². The van der Waals surface area contributed by atoms with Crippen LogP contribution in [0, 0.1) is 5.92 Å². The van der Waals surface area contributed by atoms with E-state index >= 15 is 0 Å². The molecule has 1 aromatic heterocycles. The molecule has 0 atom stereocenters. The summed E-state index contributed by atoms with van der Waals surface area (Å²) in [6, 6.07) is 0. The van der Waals surface area contributed by atoms with Crippen molar-refractivity contribution in [1.82, 2.24) is 15.3 Å². The number of aromatic nitrogens is 2. The van der Waals surface area contributed by atoms with Crippen LogP contribution in [0.3, 0.4) is 0 Å². The molecule has 0 spiro atoms. The molecule has 0 amide bonds. The van der Waals surface area contributed by atoms with Crippen LogP contribution < -0.4 is 5.32 Å². The Hall–Kier alpha value is -0.830. The van der Waals surface area contributed by atoms with Gasteiger partial charge in [-0.25, -0.2) is 4.98 Å². The number of hydrogen-bond acceptors (Lipinski definition) is 2. The molecule has 0 saturated heterocycles. The van der Waals surface area contributed by atoms with Gasteiger partial charge in [0.25, 0.3) is 0 Å². The first-order valence-corrected chi connectivity index (χ1v) is 4.64. The van der Waals surface area contributed by atoms with Crippen LogP contribution in [0.5, 0.6) is 0 Å². The van der Waals surface area contributed by atoms with E-state index in [1.165, 1.54) is 19.3 Å². The zero-order valence-electron chi connectivity index (χ0n) is 7.21. The fourth-order valence-corrected chi connectivity index (χ4v) is 1.31. The molecule has 2 N–H and O–H groups in total. The van der Waals surface area contributed by atoms with E-state index in [9.17, 15) is 0 Å². The molecule has 1 aromatic rings. The van der Waals surface area contributed by atoms with E-state index < -0.39 is 0 Å². The van der Waals surface area contributed by atoms with E-state index in [1.807, 2.05) is 6.20 Å². The van der Waals surface area contributed by atoms with Crippen molar-refractivity contribution in [2.75, 3.05) is 6.54 Å². The third-order valence-electron chi connectivity index (χ3n) is 2.27. The Balaban J connectivity index is 1.56. The normalized spacial score (nSPS) is 16.7. The Morgan fingerprint density at radius 3 is 3.17 bits per heavy atom. The Morgan fingerprint density at radius 2 is 2.50 bits per heavy atom. The minimum Gasteiger partial charge on any atom is -0.348 e. The Bertz CT molecular complexity index is 214.